The van der Waals surface area contributed by atoms with Gasteiger partial charge < -0.3 is 9.72 Å². The summed E-state index contributed by atoms with van der Waals surface area (Å²) in [6.45, 7) is 6.76. The van der Waals surface area contributed by atoms with E-state index in [4.69, 9.17) is 14.7 Å². The molecule has 174 valence electrons. The number of nitrogens with zero attached hydrogens (tertiary/aromatic N) is 4. The van der Waals surface area contributed by atoms with E-state index in [1.54, 1.807) is 7.11 Å². The summed E-state index contributed by atoms with van der Waals surface area (Å²) < 4.78 is 5.37. The summed E-state index contributed by atoms with van der Waals surface area (Å²) in [7, 11) is 1.69. The number of rotatable bonds is 6. The Morgan fingerprint density at radius 3 is 2.91 bits per heavy atom. The van der Waals surface area contributed by atoms with Crippen LogP contribution in [0.25, 0.3) is 10.9 Å². The van der Waals surface area contributed by atoms with Gasteiger partial charge in [0.1, 0.15) is 17.4 Å². The summed E-state index contributed by atoms with van der Waals surface area (Å²) in [5, 5.41) is 1.22. The maximum Gasteiger partial charge on any atom is 0.228 e. The average Bonchev–Trinajstić information content (AvgIpc) is 3.23. The van der Waals surface area contributed by atoms with Crippen LogP contribution >= 0.6 is 0 Å². The third-order valence-electron chi connectivity index (χ3n) is 7.06. The molecule has 7 nitrogen and oxygen atoms in total. The zero-order chi connectivity index (χ0) is 22.9. The van der Waals surface area contributed by atoms with Crippen molar-refractivity contribution >= 4 is 22.6 Å². The number of hydrogen-bond acceptors (Lipinski definition) is 5. The van der Waals surface area contributed by atoms with Gasteiger partial charge in [0.2, 0.25) is 5.91 Å². The smallest absolute Gasteiger partial charge is 0.228 e. The number of ether oxygens (including phenoxy) is 1. The zero-order valence-electron chi connectivity index (χ0n) is 19.9. The Hall–Kier alpha value is -2.93. The Balaban J connectivity index is 1.47. The van der Waals surface area contributed by atoms with Crippen LogP contribution in [0.3, 0.4) is 0 Å². The SMILES string of the molecule is CCCN1C(=O)CCc2c(C)nc(C3CCCCN3Cc3c[nH]c4cc(OC)ccc34)nc21. The van der Waals surface area contributed by atoms with E-state index in [0.29, 0.717) is 6.42 Å². The molecule has 1 saturated heterocycles. The quantitative estimate of drug-likeness (QED) is 0.593. The molecule has 33 heavy (non-hydrogen) atoms. The number of aryl methyl sites for hydroxylation is 1. The second kappa shape index (κ2) is 9.14. The first-order chi connectivity index (χ1) is 16.1. The first-order valence-electron chi connectivity index (χ1n) is 12.1. The lowest BCUT2D eigenvalue weighted by Crippen LogP contribution is -2.39. The molecule has 1 N–H and O–H groups in total. The monoisotopic (exact) mass is 447 g/mol. The van der Waals surface area contributed by atoms with Crippen LogP contribution in [0, 0.1) is 6.92 Å². The van der Waals surface area contributed by atoms with Crippen LogP contribution in [-0.4, -0.2) is 46.0 Å². The second-order valence-electron chi connectivity index (χ2n) is 9.22. The van der Waals surface area contributed by atoms with Crippen molar-refractivity contribution in [3.8, 4) is 5.75 Å². The third-order valence-corrected chi connectivity index (χ3v) is 7.06. The first-order valence-corrected chi connectivity index (χ1v) is 12.1. The van der Waals surface area contributed by atoms with E-state index in [9.17, 15) is 4.79 Å². The molecule has 0 radical (unpaired) electrons. The Morgan fingerprint density at radius 1 is 1.21 bits per heavy atom. The number of aromatic amines is 1. The van der Waals surface area contributed by atoms with Gasteiger partial charge in [-0.3, -0.25) is 14.6 Å². The number of fused-ring (bicyclic) bond motifs is 2. The summed E-state index contributed by atoms with van der Waals surface area (Å²) >= 11 is 0. The number of amides is 1. The number of methoxy groups -OCH3 is 1. The van der Waals surface area contributed by atoms with Gasteiger partial charge in [-0.05, 0) is 56.8 Å². The number of nitrogens with one attached hydrogen (secondary N) is 1. The lowest BCUT2D eigenvalue weighted by Gasteiger charge is -2.36. The molecule has 0 aliphatic carbocycles. The summed E-state index contributed by atoms with van der Waals surface area (Å²) in [6, 6.07) is 6.35. The minimum Gasteiger partial charge on any atom is -0.497 e. The van der Waals surface area contributed by atoms with Gasteiger partial charge in [-0.25, -0.2) is 9.97 Å². The van der Waals surface area contributed by atoms with Crippen LogP contribution in [0.2, 0.25) is 0 Å². The molecule has 7 heteroatoms. The number of likely N-dealkylation sites (tertiary alicyclic amines) is 1. The van der Waals surface area contributed by atoms with Gasteiger partial charge in [-0.2, -0.15) is 0 Å². The molecule has 1 atom stereocenters. The Morgan fingerprint density at radius 2 is 2.09 bits per heavy atom. The Labute approximate surface area is 195 Å². The number of piperidine rings is 1. The molecule has 1 aromatic carbocycles. The van der Waals surface area contributed by atoms with Crippen molar-refractivity contribution in [2.75, 3.05) is 25.1 Å². The number of anilines is 1. The molecule has 2 aromatic heterocycles. The largest absolute Gasteiger partial charge is 0.497 e. The van der Waals surface area contributed by atoms with E-state index in [1.165, 1.54) is 23.8 Å². The molecule has 5 rings (SSSR count). The predicted molar refractivity (Wildman–Crippen MR) is 130 cm³/mol. The number of hydrogen-bond donors (Lipinski definition) is 1. The molecule has 0 spiro atoms. The van der Waals surface area contributed by atoms with Gasteiger partial charge in [-0.1, -0.05) is 13.3 Å². The fourth-order valence-corrected chi connectivity index (χ4v) is 5.32. The predicted octanol–water partition coefficient (Wildman–Crippen LogP) is 4.69. The van der Waals surface area contributed by atoms with E-state index < -0.39 is 0 Å². The lowest BCUT2D eigenvalue weighted by atomic mass is 9.98. The van der Waals surface area contributed by atoms with Gasteiger partial charge in [0.15, 0.2) is 0 Å². The van der Waals surface area contributed by atoms with Gasteiger partial charge in [0.25, 0.3) is 0 Å². The fourth-order valence-electron chi connectivity index (χ4n) is 5.32. The Kier molecular flexibility index (Phi) is 6.06. The normalized spacial score (nSPS) is 19.2. The van der Waals surface area contributed by atoms with Gasteiger partial charge in [-0.15, -0.1) is 0 Å². The van der Waals surface area contributed by atoms with Crippen molar-refractivity contribution in [2.45, 2.75) is 65.0 Å². The van der Waals surface area contributed by atoms with E-state index in [-0.39, 0.29) is 11.9 Å². The molecule has 0 bridgehead atoms. The van der Waals surface area contributed by atoms with Crippen LogP contribution in [0.15, 0.2) is 24.4 Å². The highest BCUT2D eigenvalue weighted by Crippen LogP contribution is 2.35. The summed E-state index contributed by atoms with van der Waals surface area (Å²) in [4.78, 5) is 30.4. The van der Waals surface area contributed by atoms with E-state index in [1.807, 2.05) is 17.0 Å². The molecule has 1 fully saturated rings. The number of carbonyl (C=O) groups excluding carboxylic acids is 1. The van der Waals surface area contributed by atoms with Crippen LogP contribution in [-0.2, 0) is 17.8 Å². The fraction of sp³-hybridized carbons (Fsp3) is 0.500. The van der Waals surface area contributed by atoms with Gasteiger partial charge >= 0.3 is 0 Å². The van der Waals surface area contributed by atoms with Crippen LogP contribution < -0.4 is 9.64 Å². The Bertz CT molecular complexity index is 1170. The summed E-state index contributed by atoms with van der Waals surface area (Å²) in [5.74, 6) is 2.75. The van der Waals surface area contributed by atoms with E-state index in [2.05, 4.69) is 36.0 Å². The van der Waals surface area contributed by atoms with Gasteiger partial charge in [0.05, 0.1) is 13.2 Å². The number of carbonyl (C=O) groups is 1. The highest BCUT2D eigenvalue weighted by atomic mass is 16.5. The second-order valence-corrected chi connectivity index (χ2v) is 9.22. The summed E-state index contributed by atoms with van der Waals surface area (Å²) in [6.07, 6.45) is 7.71. The van der Waals surface area contributed by atoms with Crippen molar-refractivity contribution in [3.63, 3.8) is 0 Å². The molecule has 2 aliphatic heterocycles. The molecule has 1 amide bonds. The molecule has 4 heterocycles. The maximum absolute atomic E-state index is 12.6. The van der Waals surface area contributed by atoms with Gasteiger partial charge in [0, 0.05) is 53.9 Å². The van der Waals surface area contributed by atoms with Crippen molar-refractivity contribution in [2.24, 2.45) is 0 Å². The minimum absolute atomic E-state index is 0.159. The number of benzene rings is 1. The highest BCUT2D eigenvalue weighted by molar-refractivity contribution is 5.95. The molecule has 3 aromatic rings. The van der Waals surface area contributed by atoms with Crippen molar-refractivity contribution in [3.05, 3.63) is 47.0 Å². The highest BCUT2D eigenvalue weighted by Gasteiger charge is 2.32. The van der Waals surface area contributed by atoms with Crippen LogP contribution in [0.4, 0.5) is 5.82 Å². The van der Waals surface area contributed by atoms with Crippen molar-refractivity contribution in [1.82, 2.24) is 19.9 Å². The molecular formula is C26H33N5O2. The number of aromatic nitrogens is 3. The average molecular weight is 448 g/mol. The number of H-pyrrole nitrogens is 1. The zero-order valence-corrected chi connectivity index (χ0v) is 19.9. The van der Waals surface area contributed by atoms with Crippen molar-refractivity contribution in [1.29, 1.82) is 0 Å². The molecular weight excluding hydrogens is 414 g/mol. The third kappa shape index (κ3) is 4.10. The first kappa shape index (κ1) is 21.9. The minimum atomic E-state index is 0.159. The topological polar surface area (TPSA) is 74.4 Å². The molecule has 0 saturated carbocycles. The maximum atomic E-state index is 12.6. The molecule has 2 aliphatic rings. The molecule has 1 unspecified atom stereocenters. The van der Waals surface area contributed by atoms with E-state index >= 15 is 0 Å². The standard InChI is InChI=1S/C26H33N5O2/c1-4-12-31-24(32)11-10-20-17(2)28-25(29-26(20)31)23-7-5-6-13-30(23)16-18-15-27-22-14-19(33-3)8-9-21(18)22/h8-9,14-15,23,27H,4-7,10-13,16H2,1-3H3. The lowest BCUT2D eigenvalue weighted by molar-refractivity contribution is -0.119. The van der Waals surface area contributed by atoms with Crippen molar-refractivity contribution < 1.29 is 9.53 Å². The summed E-state index contributed by atoms with van der Waals surface area (Å²) in [5.41, 5.74) is 4.53. The van der Waals surface area contributed by atoms with Crippen LogP contribution in [0.5, 0.6) is 5.75 Å². The van der Waals surface area contributed by atoms with Crippen LogP contribution in [0.1, 0.15) is 67.7 Å². The van der Waals surface area contributed by atoms with E-state index in [0.717, 1.165) is 73.1 Å².